The minimum absolute atomic E-state index is 0.247. The first-order valence-corrected chi connectivity index (χ1v) is 6.34. The van der Waals surface area contributed by atoms with Crippen molar-refractivity contribution in [3.05, 3.63) is 29.8 Å². The Bertz CT molecular complexity index is 354. The van der Waals surface area contributed by atoms with Gasteiger partial charge < -0.3 is 15.2 Å². The Kier molecular flexibility index (Phi) is 4.40. The van der Waals surface area contributed by atoms with Gasteiger partial charge in [-0.1, -0.05) is 25.1 Å². The van der Waals surface area contributed by atoms with Crippen molar-refractivity contribution < 1.29 is 9.84 Å². The summed E-state index contributed by atoms with van der Waals surface area (Å²) in [5.41, 5.74) is 1.31. The summed E-state index contributed by atoms with van der Waals surface area (Å²) in [5, 5.41) is 12.4. The van der Waals surface area contributed by atoms with Gasteiger partial charge >= 0.3 is 0 Å². The summed E-state index contributed by atoms with van der Waals surface area (Å²) in [6, 6.07) is 8.27. The zero-order valence-electron chi connectivity index (χ0n) is 10.4. The molecule has 1 aromatic carbocycles. The molecule has 2 atom stereocenters. The second-order valence-electron chi connectivity index (χ2n) is 4.82. The minimum atomic E-state index is 0.247. The lowest BCUT2D eigenvalue weighted by molar-refractivity contribution is 0.229. The molecule has 0 radical (unpaired) electrons. The van der Waals surface area contributed by atoms with Gasteiger partial charge in [0, 0.05) is 19.1 Å². The van der Waals surface area contributed by atoms with Gasteiger partial charge in [0.05, 0.1) is 6.61 Å². The first kappa shape index (κ1) is 12.4. The van der Waals surface area contributed by atoms with Crippen molar-refractivity contribution >= 4 is 0 Å². The smallest absolute Gasteiger partial charge is 0.122 e. The van der Waals surface area contributed by atoms with E-state index >= 15 is 0 Å². The molecule has 1 aliphatic rings. The van der Waals surface area contributed by atoms with Gasteiger partial charge in [-0.25, -0.2) is 0 Å². The van der Waals surface area contributed by atoms with Crippen LogP contribution in [0.2, 0.25) is 0 Å². The zero-order chi connectivity index (χ0) is 12.1. The predicted octanol–water partition coefficient (Wildman–Crippen LogP) is 1.77. The third-order valence-electron chi connectivity index (χ3n) is 3.28. The van der Waals surface area contributed by atoms with Crippen LogP contribution in [0.3, 0.4) is 0 Å². The van der Waals surface area contributed by atoms with Crippen LogP contribution in [0.15, 0.2) is 24.3 Å². The van der Waals surface area contributed by atoms with Crippen molar-refractivity contribution in [3.8, 4) is 5.75 Å². The number of hydrogen-bond donors (Lipinski definition) is 2. The molecule has 2 N–H and O–H groups in total. The van der Waals surface area contributed by atoms with Crippen LogP contribution in [-0.4, -0.2) is 31.4 Å². The average molecular weight is 235 g/mol. The Morgan fingerprint density at radius 1 is 1.47 bits per heavy atom. The second-order valence-corrected chi connectivity index (χ2v) is 4.82. The zero-order valence-corrected chi connectivity index (χ0v) is 10.4. The number of hydrogen-bond acceptors (Lipinski definition) is 3. The lowest BCUT2D eigenvalue weighted by atomic mass is 9.93. The fourth-order valence-corrected chi connectivity index (χ4v) is 2.20. The van der Waals surface area contributed by atoms with E-state index in [1.165, 1.54) is 5.56 Å². The molecule has 0 saturated carbocycles. The van der Waals surface area contributed by atoms with E-state index in [-0.39, 0.29) is 6.61 Å². The van der Waals surface area contributed by atoms with Gasteiger partial charge in [-0.05, 0) is 30.5 Å². The number of aliphatic hydroxyl groups is 1. The summed E-state index contributed by atoms with van der Waals surface area (Å²) >= 11 is 0. The standard InChI is InChI=1S/C14H21NO2/c1-11(10-16)8-15-9-12-6-7-17-14-5-3-2-4-13(12)14/h2-5,11-12,15-16H,6-10H2,1H3. The molecule has 0 saturated heterocycles. The van der Waals surface area contributed by atoms with Crippen molar-refractivity contribution in [1.29, 1.82) is 0 Å². The maximum atomic E-state index is 8.97. The Morgan fingerprint density at radius 3 is 3.12 bits per heavy atom. The second kappa shape index (κ2) is 6.03. The molecule has 3 nitrogen and oxygen atoms in total. The molecule has 2 rings (SSSR count). The predicted molar refractivity (Wildman–Crippen MR) is 68.4 cm³/mol. The van der Waals surface area contributed by atoms with E-state index in [0.29, 0.717) is 11.8 Å². The van der Waals surface area contributed by atoms with E-state index in [4.69, 9.17) is 9.84 Å². The van der Waals surface area contributed by atoms with Crippen LogP contribution in [0, 0.1) is 5.92 Å². The molecule has 0 fully saturated rings. The Balaban J connectivity index is 1.90. The van der Waals surface area contributed by atoms with E-state index in [1.54, 1.807) is 0 Å². The van der Waals surface area contributed by atoms with Gasteiger partial charge in [-0.3, -0.25) is 0 Å². The van der Waals surface area contributed by atoms with E-state index < -0.39 is 0 Å². The molecular weight excluding hydrogens is 214 g/mol. The summed E-state index contributed by atoms with van der Waals surface area (Å²) in [5.74, 6) is 1.89. The number of benzene rings is 1. The molecule has 2 unspecified atom stereocenters. The third-order valence-corrected chi connectivity index (χ3v) is 3.28. The van der Waals surface area contributed by atoms with Gasteiger partial charge in [-0.2, -0.15) is 0 Å². The highest BCUT2D eigenvalue weighted by Gasteiger charge is 2.20. The SMILES string of the molecule is CC(CO)CNCC1CCOc2ccccc21. The largest absolute Gasteiger partial charge is 0.493 e. The maximum Gasteiger partial charge on any atom is 0.122 e. The van der Waals surface area contributed by atoms with Crippen LogP contribution in [0.4, 0.5) is 0 Å². The van der Waals surface area contributed by atoms with E-state index in [2.05, 4.69) is 17.4 Å². The Labute approximate surface area is 103 Å². The fourth-order valence-electron chi connectivity index (χ4n) is 2.20. The molecule has 0 aromatic heterocycles. The number of nitrogens with one attached hydrogen (secondary N) is 1. The molecule has 1 aromatic rings. The first-order valence-electron chi connectivity index (χ1n) is 6.34. The average Bonchev–Trinajstić information content (AvgIpc) is 2.39. The lowest BCUT2D eigenvalue weighted by Crippen LogP contribution is -2.30. The highest BCUT2D eigenvalue weighted by Crippen LogP contribution is 2.32. The van der Waals surface area contributed by atoms with Crippen molar-refractivity contribution in [1.82, 2.24) is 5.32 Å². The lowest BCUT2D eigenvalue weighted by Gasteiger charge is -2.26. The summed E-state index contributed by atoms with van der Waals surface area (Å²) in [7, 11) is 0. The molecule has 0 aliphatic carbocycles. The molecule has 0 amide bonds. The van der Waals surface area contributed by atoms with E-state index in [9.17, 15) is 0 Å². The molecule has 94 valence electrons. The van der Waals surface area contributed by atoms with E-state index in [1.807, 2.05) is 19.1 Å². The normalized spacial score (nSPS) is 20.5. The topological polar surface area (TPSA) is 41.5 Å². The maximum absolute atomic E-state index is 8.97. The highest BCUT2D eigenvalue weighted by molar-refractivity contribution is 5.37. The number of para-hydroxylation sites is 1. The minimum Gasteiger partial charge on any atom is -0.493 e. The third kappa shape index (κ3) is 3.20. The van der Waals surface area contributed by atoms with Gasteiger partial charge in [0.25, 0.3) is 0 Å². The number of fused-ring (bicyclic) bond motifs is 1. The summed E-state index contributed by atoms with van der Waals surface area (Å²) in [6.07, 6.45) is 1.07. The van der Waals surface area contributed by atoms with Gasteiger partial charge in [-0.15, -0.1) is 0 Å². The van der Waals surface area contributed by atoms with Crippen molar-refractivity contribution in [2.75, 3.05) is 26.3 Å². The summed E-state index contributed by atoms with van der Waals surface area (Å²) in [6.45, 7) is 4.93. The fraction of sp³-hybridized carbons (Fsp3) is 0.571. The highest BCUT2D eigenvalue weighted by atomic mass is 16.5. The van der Waals surface area contributed by atoms with Gasteiger partial charge in [0.15, 0.2) is 0 Å². The first-order chi connectivity index (χ1) is 8.31. The van der Waals surface area contributed by atoms with Crippen molar-refractivity contribution in [2.24, 2.45) is 5.92 Å². The number of ether oxygens (including phenoxy) is 1. The monoisotopic (exact) mass is 235 g/mol. The molecule has 0 bridgehead atoms. The summed E-state index contributed by atoms with van der Waals surface area (Å²) < 4.78 is 5.63. The summed E-state index contributed by atoms with van der Waals surface area (Å²) in [4.78, 5) is 0. The molecule has 0 spiro atoms. The van der Waals surface area contributed by atoms with E-state index in [0.717, 1.165) is 31.9 Å². The van der Waals surface area contributed by atoms with Crippen LogP contribution in [-0.2, 0) is 0 Å². The van der Waals surface area contributed by atoms with Gasteiger partial charge in [0.2, 0.25) is 0 Å². The number of rotatable bonds is 5. The van der Waals surface area contributed by atoms with Crippen LogP contribution in [0.25, 0.3) is 0 Å². The van der Waals surface area contributed by atoms with Crippen molar-refractivity contribution in [3.63, 3.8) is 0 Å². The molecule has 1 aliphatic heterocycles. The molecular formula is C14H21NO2. The van der Waals surface area contributed by atoms with Crippen LogP contribution >= 0.6 is 0 Å². The van der Waals surface area contributed by atoms with Crippen LogP contribution in [0.5, 0.6) is 5.75 Å². The Morgan fingerprint density at radius 2 is 2.29 bits per heavy atom. The Hall–Kier alpha value is -1.06. The quantitative estimate of drug-likeness (QED) is 0.817. The van der Waals surface area contributed by atoms with Gasteiger partial charge in [0.1, 0.15) is 5.75 Å². The molecule has 17 heavy (non-hydrogen) atoms. The van der Waals surface area contributed by atoms with Crippen LogP contribution in [0.1, 0.15) is 24.8 Å². The van der Waals surface area contributed by atoms with Crippen LogP contribution < -0.4 is 10.1 Å². The number of aliphatic hydroxyl groups excluding tert-OH is 1. The molecule has 3 heteroatoms. The molecule has 1 heterocycles. The van der Waals surface area contributed by atoms with Crippen molar-refractivity contribution in [2.45, 2.75) is 19.3 Å².